The minimum Gasteiger partial charge on any atom is -0.309 e. The molecule has 0 spiro atoms. The highest BCUT2D eigenvalue weighted by atomic mass is 14.8. The highest BCUT2D eigenvalue weighted by Crippen LogP contribution is 1.96. The topological polar surface area (TPSA) is 48.7 Å². The van der Waals surface area contributed by atoms with Crippen LogP contribution in [0.3, 0.4) is 0 Å². The van der Waals surface area contributed by atoms with Gasteiger partial charge in [-0.15, -0.1) is 0 Å². The van der Waals surface area contributed by atoms with Crippen LogP contribution in [0.4, 0.5) is 0 Å². The molecular weight excluding hydrogens is 162 g/mol. The number of rotatable bonds is 1. The van der Waals surface area contributed by atoms with Crippen LogP contribution in [0, 0.1) is 23.2 Å². The van der Waals surface area contributed by atoms with Crippen molar-refractivity contribution < 1.29 is 0 Å². The van der Waals surface area contributed by atoms with Crippen molar-refractivity contribution in [2.75, 3.05) is 13.6 Å². The molecule has 64 valence electrons. The number of nitriles is 1. The van der Waals surface area contributed by atoms with Gasteiger partial charge in [-0.3, -0.25) is 0 Å². The smallest absolute Gasteiger partial charge is 0.140 e. The van der Waals surface area contributed by atoms with Gasteiger partial charge in [-0.25, -0.2) is 4.98 Å². The van der Waals surface area contributed by atoms with Crippen molar-refractivity contribution in [3.63, 3.8) is 0 Å². The SMILES string of the molecule is CNCC#Cc1ccc(C#N)nc1. The van der Waals surface area contributed by atoms with Crippen molar-refractivity contribution in [3.8, 4) is 17.9 Å². The summed E-state index contributed by atoms with van der Waals surface area (Å²) in [6.45, 7) is 0.653. The molecule has 0 aliphatic heterocycles. The average molecular weight is 171 g/mol. The van der Waals surface area contributed by atoms with E-state index in [1.807, 2.05) is 13.1 Å². The van der Waals surface area contributed by atoms with E-state index in [1.165, 1.54) is 0 Å². The van der Waals surface area contributed by atoms with Gasteiger partial charge in [0.15, 0.2) is 0 Å². The Bertz CT molecular complexity index is 362. The Morgan fingerprint density at radius 1 is 1.54 bits per heavy atom. The van der Waals surface area contributed by atoms with Gasteiger partial charge in [-0.1, -0.05) is 11.8 Å². The molecule has 0 amide bonds. The number of hydrogen-bond donors (Lipinski definition) is 1. The van der Waals surface area contributed by atoms with Crippen LogP contribution < -0.4 is 5.32 Å². The molecule has 0 aliphatic rings. The lowest BCUT2D eigenvalue weighted by atomic mass is 10.2. The Morgan fingerprint density at radius 3 is 2.92 bits per heavy atom. The first-order valence-electron chi connectivity index (χ1n) is 3.86. The second-order valence-corrected chi connectivity index (χ2v) is 2.38. The molecule has 1 N–H and O–H groups in total. The fourth-order valence-corrected chi connectivity index (χ4v) is 0.769. The Balaban J connectivity index is 2.72. The third-order valence-corrected chi connectivity index (χ3v) is 1.38. The summed E-state index contributed by atoms with van der Waals surface area (Å²) >= 11 is 0. The lowest BCUT2D eigenvalue weighted by Gasteiger charge is -1.89. The fraction of sp³-hybridized carbons (Fsp3) is 0.200. The zero-order chi connectivity index (χ0) is 9.52. The number of hydrogen-bond acceptors (Lipinski definition) is 3. The van der Waals surface area contributed by atoms with Crippen LogP contribution in [-0.2, 0) is 0 Å². The van der Waals surface area contributed by atoms with Crippen LogP contribution in [0.5, 0.6) is 0 Å². The predicted octanol–water partition coefficient (Wildman–Crippen LogP) is 0.524. The lowest BCUT2D eigenvalue weighted by molar-refractivity contribution is 0.938. The van der Waals surface area contributed by atoms with Crippen molar-refractivity contribution in [2.24, 2.45) is 0 Å². The molecule has 0 saturated heterocycles. The monoisotopic (exact) mass is 171 g/mol. The molecule has 1 aromatic rings. The Kier molecular flexibility index (Phi) is 3.50. The summed E-state index contributed by atoms with van der Waals surface area (Å²) in [5, 5.41) is 11.4. The molecule has 1 heterocycles. The summed E-state index contributed by atoms with van der Waals surface area (Å²) in [6.07, 6.45) is 1.60. The Morgan fingerprint density at radius 2 is 2.38 bits per heavy atom. The van der Waals surface area contributed by atoms with Gasteiger partial charge in [-0.05, 0) is 19.2 Å². The maximum Gasteiger partial charge on any atom is 0.140 e. The fourth-order valence-electron chi connectivity index (χ4n) is 0.769. The van der Waals surface area contributed by atoms with E-state index in [1.54, 1.807) is 18.3 Å². The molecule has 0 aromatic carbocycles. The maximum atomic E-state index is 8.48. The second-order valence-electron chi connectivity index (χ2n) is 2.38. The summed E-state index contributed by atoms with van der Waals surface area (Å²) in [4.78, 5) is 3.89. The summed E-state index contributed by atoms with van der Waals surface area (Å²) < 4.78 is 0. The van der Waals surface area contributed by atoms with Crippen LogP contribution in [-0.4, -0.2) is 18.6 Å². The summed E-state index contributed by atoms with van der Waals surface area (Å²) in [6, 6.07) is 5.39. The van der Waals surface area contributed by atoms with Gasteiger partial charge in [-0.2, -0.15) is 5.26 Å². The maximum absolute atomic E-state index is 8.48. The van der Waals surface area contributed by atoms with Crippen molar-refractivity contribution in [1.82, 2.24) is 10.3 Å². The second kappa shape index (κ2) is 4.92. The first-order chi connectivity index (χ1) is 6.36. The van der Waals surface area contributed by atoms with Crippen molar-refractivity contribution in [2.45, 2.75) is 0 Å². The number of pyridine rings is 1. The van der Waals surface area contributed by atoms with E-state index in [0.717, 1.165) is 5.56 Å². The van der Waals surface area contributed by atoms with Crippen LogP contribution in [0.15, 0.2) is 18.3 Å². The van der Waals surface area contributed by atoms with E-state index in [9.17, 15) is 0 Å². The highest BCUT2D eigenvalue weighted by Gasteiger charge is 1.89. The van der Waals surface area contributed by atoms with E-state index in [2.05, 4.69) is 22.1 Å². The van der Waals surface area contributed by atoms with Crippen molar-refractivity contribution in [3.05, 3.63) is 29.6 Å². The normalized spacial score (nSPS) is 8.31. The van der Waals surface area contributed by atoms with Gasteiger partial charge in [0.25, 0.3) is 0 Å². The number of aromatic nitrogens is 1. The van der Waals surface area contributed by atoms with Crippen LogP contribution >= 0.6 is 0 Å². The molecule has 3 nitrogen and oxygen atoms in total. The lowest BCUT2D eigenvalue weighted by Crippen LogP contribution is -2.04. The summed E-state index contributed by atoms with van der Waals surface area (Å²) in [5.74, 6) is 5.82. The van der Waals surface area contributed by atoms with Crippen LogP contribution in [0.25, 0.3) is 0 Å². The Hall–Kier alpha value is -1.84. The molecule has 0 atom stereocenters. The molecular formula is C10H9N3. The predicted molar refractivity (Wildman–Crippen MR) is 49.8 cm³/mol. The Labute approximate surface area is 77.4 Å². The van der Waals surface area contributed by atoms with E-state index in [4.69, 9.17) is 5.26 Å². The third-order valence-electron chi connectivity index (χ3n) is 1.38. The number of nitrogens with one attached hydrogen (secondary N) is 1. The molecule has 0 fully saturated rings. The zero-order valence-corrected chi connectivity index (χ0v) is 7.33. The van der Waals surface area contributed by atoms with E-state index in [-0.39, 0.29) is 0 Å². The van der Waals surface area contributed by atoms with Gasteiger partial charge in [0, 0.05) is 11.8 Å². The largest absolute Gasteiger partial charge is 0.309 e. The van der Waals surface area contributed by atoms with Crippen molar-refractivity contribution in [1.29, 1.82) is 5.26 Å². The van der Waals surface area contributed by atoms with Gasteiger partial charge < -0.3 is 5.32 Å². The van der Waals surface area contributed by atoms with Gasteiger partial charge in [0.2, 0.25) is 0 Å². The molecule has 0 bridgehead atoms. The molecule has 0 saturated carbocycles. The first kappa shape index (κ1) is 9.25. The molecule has 13 heavy (non-hydrogen) atoms. The highest BCUT2D eigenvalue weighted by molar-refractivity contribution is 5.34. The molecule has 1 rings (SSSR count). The average Bonchev–Trinajstić information content (AvgIpc) is 2.19. The van der Waals surface area contributed by atoms with Crippen LogP contribution in [0.1, 0.15) is 11.3 Å². The summed E-state index contributed by atoms with van der Waals surface area (Å²) in [5.41, 5.74) is 1.24. The molecule has 0 unspecified atom stereocenters. The zero-order valence-electron chi connectivity index (χ0n) is 7.33. The summed E-state index contributed by atoms with van der Waals surface area (Å²) in [7, 11) is 1.84. The first-order valence-corrected chi connectivity index (χ1v) is 3.86. The minimum absolute atomic E-state index is 0.416. The standard InChI is InChI=1S/C10H9N3/c1-12-6-2-3-9-4-5-10(7-11)13-8-9/h4-5,8,12H,6H2,1H3. The van der Waals surface area contributed by atoms with Gasteiger partial charge >= 0.3 is 0 Å². The minimum atomic E-state index is 0.416. The third kappa shape index (κ3) is 2.94. The number of nitrogens with zero attached hydrogens (tertiary/aromatic N) is 2. The molecule has 3 heteroatoms. The quantitative estimate of drug-likeness (QED) is 0.627. The van der Waals surface area contributed by atoms with Crippen molar-refractivity contribution >= 4 is 0 Å². The van der Waals surface area contributed by atoms with E-state index in [0.29, 0.717) is 12.2 Å². The van der Waals surface area contributed by atoms with Crippen LogP contribution in [0.2, 0.25) is 0 Å². The molecule has 0 radical (unpaired) electrons. The van der Waals surface area contributed by atoms with Gasteiger partial charge in [0.1, 0.15) is 11.8 Å². The van der Waals surface area contributed by atoms with E-state index < -0.39 is 0 Å². The van der Waals surface area contributed by atoms with E-state index >= 15 is 0 Å². The molecule has 0 aliphatic carbocycles. The van der Waals surface area contributed by atoms with Gasteiger partial charge in [0.05, 0.1) is 6.54 Å². The molecule has 1 aromatic heterocycles.